The van der Waals surface area contributed by atoms with E-state index in [2.05, 4.69) is 20.2 Å². The van der Waals surface area contributed by atoms with Gasteiger partial charge in [-0.3, -0.25) is 0 Å². The number of hydrogen-bond donors (Lipinski definition) is 3. The van der Waals surface area contributed by atoms with E-state index in [-0.39, 0.29) is 0 Å². The number of benzene rings is 1. The van der Waals surface area contributed by atoms with Gasteiger partial charge in [0.25, 0.3) is 0 Å². The van der Waals surface area contributed by atoms with Crippen molar-refractivity contribution in [3.05, 3.63) is 18.2 Å². The number of nitrogens with one attached hydrogen (secondary N) is 2. The van der Waals surface area contributed by atoms with Gasteiger partial charge in [-0.15, -0.1) is 0 Å². The molecule has 1 aromatic heterocycles. The summed E-state index contributed by atoms with van der Waals surface area (Å²) in [5, 5.41) is 3.24. The number of nitrogen functional groups attached to an aromatic ring is 1. The molecule has 5 nitrogen and oxygen atoms in total. The van der Waals surface area contributed by atoms with Crippen LogP contribution in [-0.4, -0.2) is 42.1 Å². The lowest BCUT2D eigenvalue weighted by Gasteiger charge is -2.08. The van der Waals surface area contributed by atoms with Gasteiger partial charge in [0.1, 0.15) is 0 Å². The minimum Gasteiger partial charge on any atom is -0.399 e. The van der Waals surface area contributed by atoms with Crippen LogP contribution in [0.15, 0.2) is 18.2 Å². The minimum absolute atomic E-state index is 0.746. The number of aromatic nitrogens is 2. The summed E-state index contributed by atoms with van der Waals surface area (Å²) in [6.45, 7) is 1.83. The summed E-state index contributed by atoms with van der Waals surface area (Å²) >= 11 is 0. The number of H-pyrrole nitrogens is 1. The van der Waals surface area contributed by atoms with Gasteiger partial charge < -0.3 is 20.9 Å². The summed E-state index contributed by atoms with van der Waals surface area (Å²) < 4.78 is 0. The van der Waals surface area contributed by atoms with E-state index in [9.17, 15) is 0 Å². The third kappa shape index (κ3) is 2.43. The van der Waals surface area contributed by atoms with Gasteiger partial charge in [0.15, 0.2) is 0 Å². The number of fused-ring (bicyclic) bond motifs is 1. The topological polar surface area (TPSA) is 70.0 Å². The molecule has 0 amide bonds. The second kappa shape index (κ2) is 4.40. The molecule has 2 rings (SSSR count). The zero-order valence-electron chi connectivity index (χ0n) is 9.62. The molecule has 0 radical (unpaired) electrons. The van der Waals surface area contributed by atoms with Crippen molar-refractivity contribution in [2.75, 3.05) is 38.2 Å². The lowest BCUT2D eigenvalue weighted by molar-refractivity contribution is 0.425. The van der Waals surface area contributed by atoms with E-state index in [0.29, 0.717) is 0 Å². The molecule has 0 aliphatic rings. The average Bonchev–Trinajstić information content (AvgIpc) is 2.58. The Morgan fingerprint density at radius 2 is 2.25 bits per heavy atom. The average molecular weight is 219 g/mol. The van der Waals surface area contributed by atoms with Gasteiger partial charge in [-0.05, 0) is 32.3 Å². The van der Waals surface area contributed by atoms with Crippen molar-refractivity contribution >= 4 is 22.7 Å². The van der Waals surface area contributed by atoms with Gasteiger partial charge in [0.2, 0.25) is 5.95 Å². The first kappa shape index (κ1) is 10.8. The Kier molecular flexibility index (Phi) is 2.96. The Bertz CT molecular complexity index is 474. The third-order valence-electron chi connectivity index (χ3n) is 2.36. The van der Waals surface area contributed by atoms with Crippen LogP contribution in [0.2, 0.25) is 0 Å². The molecule has 0 spiro atoms. The van der Waals surface area contributed by atoms with Crippen molar-refractivity contribution in [2.45, 2.75) is 0 Å². The molecule has 0 saturated heterocycles. The van der Waals surface area contributed by atoms with Crippen LogP contribution in [0.4, 0.5) is 11.6 Å². The Balaban J connectivity index is 2.08. The van der Waals surface area contributed by atoms with Gasteiger partial charge in [-0.2, -0.15) is 0 Å². The van der Waals surface area contributed by atoms with Crippen LogP contribution >= 0.6 is 0 Å². The number of nitrogens with zero attached hydrogens (tertiary/aromatic N) is 2. The smallest absolute Gasteiger partial charge is 0.201 e. The van der Waals surface area contributed by atoms with E-state index in [1.165, 1.54) is 0 Å². The van der Waals surface area contributed by atoms with Crippen LogP contribution in [0.5, 0.6) is 0 Å². The van der Waals surface area contributed by atoms with E-state index in [1.807, 2.05) is 32.3 Å². The highest BCUT2D eigenvalue weighted by molar-refractivity contribution is 5.80. The molecule has 0 aliphatic heterocycles. The van der Waals surface area contributed by atoms with Crippen LogP contribution in [0.1, 0.15) is 0 Å². The maximum atomic E-state index is 5.70. The second-order valence-electron chi connectivity index (χ2n) is 4.09. The molecule has 2 aromatic rings. The molecule has 4 N–H and O–H groups in total. The van der Waals surface area contributed by atoms with E-state index in [4.69, 9.17) is 5.73 Å². The summed E-state index contributed by atoms with van der Waals surface area (Å²) in [4.78, 5) is 9.72. The summed E-state index contributed by atoms with van der Waals surface area (Å²) in [5.74, 6) is 0.794. The van der Waals surface area contributed by atoms with Gasteiger partial charge in [0, 0.05) is 18.8 Å². The van der Waals surface area contributed by atoms with E-state index < -0.39 is 0 Å². The number of nitrogens with two attached hydrogens (primary N) is 1. The SMILES string of the molecule is CN(C)CCNc1nc2ccc(N)cc2[nH]1. The van der Waals surface area contributed by atoms with Crippen LogP contribution in [0.25, 0.3) is 11.0 Å². The van der Waals surface area contributed by atoms with Crippen molar-refractivity contribution in [3.63, 3.8) is 0 Å². The Labute approximate surface area is 94.7 Å². The van der Waals surface area contributed by atoms with Crippen LogP contribution in [0.3, 0.4) is 0 Å². The molecule has 16 heavy (non-hydrogen) atoms. The normalized spacial score (nSPS) is 11.2. The lowest BCUT2D eigenvalue weighted by atomic mass is 10.3. The standard InChI is InChI=1S/C11H17N5/c1-16(2)6-5-13-11-14-9-4-3-8(12)7-10(9)15-11/h3-4,7H,5-6,12H2,1-2H3,(H2,13,14,15). The monoisotopic (exact) mass is 219 g/mol. The predicted octanol–water partition coefficient (Wildman–Crippen LogP) is 1.12. The van der Waals surface area contributed by atoms with Crippen molar-refractivity contribution in [1.29, 1.82) is 0 Å². The predicted molar refractivity (Wildman–Crippen MR) is 67.5 cm³/mol. The Morgan fingerprint density at radius 3 is 3.00 bits per heavy atom. The molecule has 0 unspecified atom stereocenters. The fourth-order valence-electron chi connectivity index (χ4n) is 1.51. The molecule has 0 fully saturated rings. The quantitative estimate of drug-likeness (QED) is 0.674. The first-order chi connectivity index (χ1) is 7.65. The number of hydrogen-bond acceptors (Lipinski definition) is 4. The molecular formula is C11H17N5. The van der Waals surface area contributed by atoms with Gasteiger partial charge in [-0.25, -0.2) is 4.98 Å². The molecule has 0 aliphatic carbocycles. The molecule has 0 atom stereocenters. The molecule has 1 heterocycles. The Hall–Kier alpha value is -1.75. The van der Waals surface area contributed by atoms with E-state index >= 15 is 0 Å². The van der Waals surface area contributed by atoms with Crippen LogP contribution < -0.4 is 11.1 Å². The maximum absolute atomic E-state index is 5.70. The minimum atomic E-state index is 0.746. The van der Waals surface area contributed by atoms with Gasteiger partial charge in [0.05, 0.1) is 11.0 Å². The highest BCUT2D eigenvalue weighted by Gasteiger charge is 2.01. The van der Waals surface area contributed by atoms with Gasteiger partial charge >= 0.3 is 0 Å². The molecule has 5 heteroatoms. The zero-order chi connectivity index (χ0) is 11.5. The highest BCUT2D eigenvalue weighted by atomic mass is 15.1. The van der Waals surface area contributed by atoms with Crippen molar-refractivity contribution in [3.8, 4) is 0 Å². The summed E-state index contributed by atoms with van der Waals surface area (Å²) in [6, 6.07) is 5.66. The second-order valence-corrected chi connectivity index (χ2v) is 4.09. The van der Waals surface area contributed by atoms with Crippen LogP contribution in [-0.2, 0) is 0 Å². The van der Waals surface area contributed by atoms with Crippen molar-refractivity contribution < 1.29 is 0 Å². The molecule has 1 aromatic carbocycles. The number of rotatable bonds is 4. The summed E-state index contributed by atoms with van der Waals surface area (Å²) in [6.07, 6.45) is 0. The first-order valence-electron chi connectivity index (χ1n) is 5.29. The highest BCUT2D eigenvalue weighted by Crippen LogP contribution is 2.16. The number of aromatic amines is 1. The fraction of sp³-hybridized carbons (Fsp3) is 0.364. The van der Waals surface area contributed by atoms with Crippen molar-refractivity contribution in [1.82, 2.24) is 14.9 Å². The summed E-state index contributed by atoms with van der Waals surface area (Å²) in [7, 11) is 4.09. The van der Waals surface area contributed by atoms with Gasteiger partial charge in [-0.1, -0.05) is 0 Å². The third-order valence-corrected chi connectivity index (χ3v) is 2.36. The lowest BCUT2D eigenvalue weighted by Crippen LogP contribution is -2.21. The number of anilines is 2. The zero-order valence-corrected chi connectivity index (χ0v) is 9.62. The van der Waals surface area contributed by atoms with E-state index in [1.54, 1.807) is 0 Å². The largest absolute Gasteiger partial charge is 0.399 e. The Morgan fingerprint density at radius 1 is 1.44 bits per heavy atom. The summed E-state index contributed by atoms with van der Waals surface area (Å²) in [5.41, 5.74) is 8.34. The fourth-order valence-corrected chi connectivity index (χ4v) is 1.51. The number of imidazole rings is 1. The first-order valence-corrected chi connectivity index (χ1v) is 5.29. The molecule has 0 saturated carbocycles. The number of likely N-dealkylation sites (N-methyl/N-ethyl adjacent to an activating group) is 1. The maximum Gasteiger partial charge on any atom is 0.201 e. The molecule has 0 bridgehead atoms. The molecule has 86 valence electrons. The van der Waals surface area contributed by atoms with Crippen molar-refractivity contribution in [2.24, 2.45) is 0 Å². The molecular weight excluding hydrogens is 202 g/mol. The van der Waals surface area contributed by atoms with Crippen LogP contribution in [0, 0.1) is 0 Å². The van der Waals surface area contributed by atoms with E-state index in [0.717, 1.165) is 35.8 Å².